The van der Waals surface area contributed by atoms with E-state index < -0.39 is 0 Å². The van der Waals surface area contributed by atoms with Crippen LogP contribution < -0.4 is 15.4 Å². The van der Waals surface area contributed by atoms with Crippen LogP contribution in [0.25, 0.3) is 0 Å². The van der Waals surface area contributed by atoms with Gasteiger partial charge in [-0.25, -0.2) is 0 Å². The lowest BCUT2D eigenvalue weighted by Crippen LogP contribution is -2.47. The van der Waals surface area contributed by atoms with Crippen molar-refractivity contribution in [3.63, 3.8) is 0 Å². The van der Waals surface area contributed by atoms with E-state index in [1.54, 1.807) is 7.11 Å². The third-order valence-electron chi connectivity index (χ3n) is 4.93. The summed E-state index contributed by atoms with van der Waals surface area (Å²) >= 11 is 0. The van der Waals surface area contributed by atoms with Gasteiger partial charge in [-0.05, 0) is 56.0 Å². The quantitative estimate of drug-likeness (QED) is 0.758. The number of nitrogens with one attached hydrogen (secondary N) is 2. The van der Waals surface area contributed by atoms with Crippen LogP contribution in [0, 0.1) is 12.3 Å². The van der Waals surface area contributed by atoms with Crippen LogP contribution in [-0.4, -0.2) is 45.9 Å². The van der Waals surface area contributed by atoms with Crippen LogP contribution in [-0.2, 0) is 9.53 Å². The van der Waals surface area contributed by atoms with E-state index in [-0.39, 0.29) is 17.9 Å². The molecule has 1 aliphatic rings. The van der Waals surface area contributed by atoms with Gasteiger partial charge in [-0.2, -0.15) is 0 Å². The van der Waals surface area contributed by atoms with Crippen LogP contribution in [0.2, 0.25) is 0 Å². The number of carbonyl (C=O) groups excluding carboxylic acids is 1. The third-order valence-corrected chi connectivity index (χ3v) is 4.93. The van der Waals surface area contributed by atoms with Crippen LogP contribution in [0.1, 0.15) is 43.7 Å². The molecule has 0 aliphatic carbocycles. The van der Waals surface area contributed by atoms with Gasteiger partial charge in [-0.1, -0.05) is 26.0 Å². The van der Waals surface area contributed by atoms with Crippen LogP contribution in [0.3, 0.4) is 0 Å². The molecule has 0 aromatic heterocycles. The average molecular weight is 348 g/mol. The molecule has 0 radical (unpaired) electrons. The zero-order chi connectivity index (χ0) is 18.3. The van der Waals surface area contributed by atoms with Crippen molar-refractivity contribution in [3.05, 3.63) is 29.3 Å². The minimum Gasteiger partial charge on any atom is -0.483 e. The summed E-state index contributed by atoms with van der Waals surface area (Å²) in [5, 5.41) is 6.40. The second-order valence-corrected chi connectivity index (χ2v) is 7.44. The number of benzene rings is 1. The average Bonchev–Trinajstić information content (AvgIpc) is 2.59. The summed E-state index contributed by atoms with van der Waals surface area (Å²) in [6.07, 6.45) is 2.02. The topological polar surface area (TPSA) is 59.6 Å². The largest absolute Gasteiger partial charge is 0.483 e. The second kappa shape index (κ2) is 9.20. The van der Waals surface area contributed by atoms with E-state index in [9.17, 15) is 4.79 Å². The predicted octanol–water partition coefficient (Wildman–Crippen LogP) is 2.63. The van der Waals surface area contributed by atoms with Crippen molar-refractivity contribution in [2.75, 3.05) is 40.0 Å². The number of hydrogen-bond donors (Lipinski definition) is 2. The van der Waals surface area contributed by atoms with E-state index in [0.29, 0.717) is 19.1 Å². The Morgan fingerprint density at radius 1 is 1.32 bits per heavy atom. The lowest BCUT2D eigenvalue weighted by Gasteiger charge is -2.37. The summed E-state index contributed by atoms with van der Waals surface area (Å²) in [6.45, 7) is 9.58. The van der Waals surface area contributed by atoms with Crippen LogP contribution >= 0.6 is 0 Å². The lowest BCUT2D eigenvalue weighted by atomic mass is 9.79. The lowest BCUT2D eigenvalue weighted by molar-refractivity contribution is -0.124. The number of amides is 1. The number of hydrogen-bond acceptors (Lipinski definition) is 4. The number of rotatable bonds is 8. The van der Waals surface area contributed by atoms with Crippen LogP contribution in [0.4, 0.5) is 0 Å². The summed E-state index contributed by atoms with van der Waals surface area (Å²) in [7, 11) is 1.72. The monoisotopic (exact) mass is 348 g/mol. The molecule has 5 heteroatoms. The van der Waals surface area contributed by atoms with Gasteiger partial charge >= 0.3 is 0 Å². The molecule has 0 spiro atoms. The van der Waals surface area contributed by atoms with Crippen LogP contribution in [0.5, 0.6) is 5.75 Å². The van der Waals surface area contributed by atoms with Gasteiger partial charge in [-0.3, -0.25) is 4.79 Å². The minimum atomic E-state index is -0.0785. The molecule has 1 heterocycles. The highest BCUT2D eigenvalue weighted by molar-refractivity contribution is 5.77. The van der Waals surface area contributed by atoms with Gasteiger partial charge in [-0.15, -0.1) is 0 Å². The highest BCUT2D eigenvalue weighted by Crippen LogP contribution is 2.29. The van der Waals surface area contributed by atoms with Crippen molar-refractivity contribution in [3.8, 4) is 5.75 Å². The molecule has 0 bridgehead atoms. The van der Waals surface area contributed by atoms with Gasteiger partial charge in [0.1, 0.15) is 5.75 Å². The van der Waals surface area contributed by atoms with Crippen molar-refractivity contribution < 1.29 is 14.3 Å². The Bertz CT molecular complexity index is 561. The van der Waals surface area contributed by atoms with Gasteiger partial charge < -0.3 is 20.1 Å². The molecule has 2 N–H and O–H groups in total. The Morgan fingerprint density at radius 2 is 2.04 bits per heavy atom. The van der Waals surface area contributed by atoms with E-state index in [0.717, 1.165) is 42.8 Å². The van der Waals surface area contributed by atoms with Gasteiger partial charge in [0.25, 0.3) is 5.91 Å². The second-order valence-electron chi connectivity index (χ2n) is 7.44. The molecule has 0 saturated carbocycles. The SMILES string of the molecule is COCC1(CNC(=O)COc2cc(C)ccc2C(C)C)CCNCC1. The summed E-state index contributed by atoms with van der Waals surface area (Å²) in [5.41, 5.74) is 2.29. The molecule has 0 atom stereocenters. The van der Waals surface area contributed by atoms with Crippen molar-refractivity contribution >= 4 is 5.91 Å². The molecular weight excluding hydrogens is 316 g/mol. The van der Waals surface area contributed by atoms with Crippen molar-refractivity contribution in [1.82, 2.24) is 10.6 Å². The first kappa shape index (κ1) is 19.7. The fourth-order valence-corrected chi connectivity index (χ4v) is 3.36. The van der Waals surface area contributed by atoms with E-state index in [1.165, 1.54) is 0 Å². The van der Waals surface area contributed by atoms with E-state index >= 15 is 0 Å². The zero-order valence-electron chi connectivity index (χ0n) is 16.0. The molecule has 5 nitrogen and oxygen atoms in total. The zero-order valence-corrected chi connectivity index (χ0v) is 16.0. The molecule has 1 saturated heterocycles. The maximum atomic E-state index is 12.3. The van der Waals surface area contributed by atoms with Gasteiger partial charge in [0, 0.05) is 19.1 Å². The smallest absolute Gasteiger partial charge is 0.257 e. The Hall–Kier alpha value is -1.59. The summed E-state index contributed by atoms with van der Waals surface area (Å²) in [4.78, 5) is 12.3. The maximum absolute atomic E-state index is 12.3. The number of aryl methyl sites for hydroxylation is 1. The first-order valence-corrected chi connectivity index (χ1v) is 9.15. The maximum Gasteiger partial charge on any atom is 0.257 e. The van der Waals surface area contributed by atoms with Crippen molar-refractivity contribution in [2.45, 2.75) is 39.5 Å². The molecule has 25 heavy (non-hydrogen) atoms. The van der Waals surface area contributed by atoms with Gasteiger partial charge in [0.15, 0.2) is 6.61 Å². The molecule has 1 aromatic rings. The van der Waals surface area contributed by atoms with Gasteiger partial charge in [0.05, 0.1) is 6.61 Å². The van der Waals surface area contributed by atoms with Gasteiger partial charge in [0.2, 0.25) is 0 Å². The Labute approximate surface area is 151 Å². The van der Waals surface area contributed by atoms with Crippen LogP contribution in [0.15, 0.2) is 18.2 Å². The molecule has 2 rings (SSSR count). The fraction of sp³-hybridized carbons (Fsp3) is 0.650. The van der Waals surface area contributed by atoms with E-state index in [2.05, 4.69) is 36.6 Å². The number of carbonyl (C=O) groups is 1. The highest BCUT2D eigenvalue weighted by Gasteiger charge is 2.32. The molecule has 1 aromatic carbocycles. The molecule has 1 aliphatic heterocycles. The molecule has 1 amide bonds. The first-order chi connectivity index (χ1) is 12.0. The summed E-state index contributed by atoms with van der Waals surface area (Å²) in [5.74, 6) is 1.09. The first-order valence-electron chi connectivity index (χ1n) is 9.15. The minimum absolute atomic E-state index is 0.0298. The number of piperidine rings is 1. The normalized spacial score (nSPS) is 16.7. The third kappa shape index (κ3) is 5.72. The van der Waals surface area contributed by atoms with Crippen molar-refractivity contribution in [2.24, 2.45) is 5.41 Å². The Kier molecular flexibility index (Phi) is 7.26. The number of ether oxygens (including phenoxy) is 2. The molecule has 1 fully saturated rings. The Morgan fingerprint density at radius 3 is 2.68 bits per heavy atom. The standard InChI is InChI=1S/C20H32N2O3/c1-15(2)17-6-5-16(3)11-18(17)25-12-19(23)22-13-20(14-24-4)7-9-21-10-8-20/h5-6,11,15,21H,7-10,12-14H2,1-4H3,(H,22,23). The predicted molar refractivity (Wildman–Crippen MR) is 100 cm³/mol. The molecular formula is C20H32N2O3. The summed E-state index contributed by atoms with van der Waals surface area (Å²) in [6, 6.07) is 6.16. The fourth-order valence-electron chi connectivity index (χ4n) is 3.36. The molecule has 140 valence electrons. The Balaban J connectivity index is 1.89. The highest BCUT2D eigenvalue weighted by atomic mass is 16.5. The number of methoxy groups -OCH3 is 1. The van der Waals surface area contributed by atoms with E-state index in [4.69, 9.17) is 9.47 Å². The summed E-state index contributed by atoms with van der Waals surface area (Å²) < 4.78 is 11.2. The molecule has 0 unspecified atom stereocenters. The van der Waals surface area contributed by atoms with Crippen molar-refractivity contribution in [1.29, 1.82) is 0 Å². The van der Waals surface area contributed by atoms with E-state index in [1.807, 2.05) is 13.0 Å².